The SMILES string of the molecule is CN(c1cc(Br)ccc1C#N)C(C)(C)C(=O)O. The largest absolute Gasteiger partial charge is 0.480 e. The Labute approximate surface area is 109 Å². The Morgan fingerprint density at radius 1 is 1.53 bits per heavy atom. The molecule has 0 aliphatic rings. The Bertz CT molecular complexity index is 492. The summed E-state index contributed by atoms with van der Waals surface area (Å²) in [5, 5.41) is 18.2. The Hall–Kier alpha value is -1.54. The molecule has 0 fully saturated rings. The second-order valence-corrected chi connectivity index (χ2v) is 5.11. The first-order chi connectivity index (χ1) is 7.80. The summed E-state index contributed by atoms with van der Waals surface area (Å²) in [5.74, 6) is -0.941. The fourth-order valence-electron chi connectivity index (χ4n) is 1.32. The van der Waals surface area contributed by atoms with Crippen molar-refractivity contribution in [1.82, 2.24) is 0 Å². The molecule has 90 valence electrons. The fourth-order valence-corrected chi connectivity index (χ4v) is 1.67. The summed E-state index contributed by atoms with van der Waals surface area (Å²) in [6.45, 7) is 3.19. The predicted octanol–water partition coefficient (Wildman–Crippen LogP) is 2.62. The fraction of sp³-hybridized carbons (Fsp3) is 0.333. The number of nitrogens with zero attached hydrogens (tertiary/aromatic N) is 2. The molecule has 0 radical (unpaired) electrons. The molecule has 0 saturated carbocycles. The second kappa shape index (κ2) is 4.76. The van der Waals surface area contributed by atoms with Crippen LogP contribution in [0.25, 0.3) is 0 Å². The summed E-state index contributed by atoms with van der Waals surface area (Å²) in [6, 6.07) is 7.21. The lowest BCUT2D eigenvalue weighted by Gasteiger charge is -2.34. The normalized spacial score (nSPS) is 10.8. The first-order valence-electron chi connectivity index (χ1n) is 4.97. The van der Waals surface area contributed by atoms with Gasteiger partial charge in [0.05, 0.1) is 11.3 Å². The zero-order valence-corrected chi connectivity index (χ0v) is 11.4. The number of carbonyl (C=O) groups is 1. The van der Waals surface area contributed by atoms with Gasteiger partial charge in [0.15, 0.2) is 0 Å². The van der Waals surface area contributed by atoms with Crippen LogP contribution in [0.3, 0.4) is 0 Å². The van der Waals surface area contributed by atoms with E-state index in [0.29, 0.717) is 11.3 Å². The topological polar surface area (TPSA) is 64.3 Å². The van der Waals surface area contributed by atoms with Crippen molar-refractivity contribution < 1.29 is 9.90 Å². The molecule has 4 nitrogen and oxygen atoms in total. The summed E-state index contributed by atoms with van der Waals surface area (Å²) < 4.78 is 0.805. The van der Waals surface area contributed by atoms with Crippen LogP contribution in [0.2, 0.25) is 0 Å². The Kier molecular flexibility index (Phi) is 3.79. The number of likely N-dealkylation sites (N-methyl/N-ethyl adjacent to an activating group) is 1. The summed E-state index contributed by atoms with van der Waals surface area (Å²) in [7, 11) is 1.66. The number of hydrogen-bond acceptors (Lipinski definition) is 3. The van der Waals surface area contributed by atoms with Crippen molar-refractivity contribution >= 4 is 27.6 Å². The lowest BCUT2D eigenvalue weighted by atomic mass is 10.0. The molecule has 0 heterocycles. The molecule has 17 heavy (non-hydrogen) atoms. The van der Waals surface area contributed by atoms with Gasteiger partial charge in [0.1, 0.15) is 11.6 Å². The zero-order valence-electron chi connectivity index (χ0n) is 9.86. The van der Waals surface area contributed by atoms with Crippen LogP contribution in [0.5, 0.6) is 0 Å². The number of nitriles is 1. The van der Waals surface area contributed by atoms with E-state index in [0.717, 1.165) is 4.47 Å². The van der Waals surface area contributed by atoms with E-state index in [1.807, 2.05) is 0 Å². The monoisotopic (exact) mass is 296 g/mol. The molecular formula is C12H13BrN2O2. The summed E-state index contributed by atoms with van der Waals surface area (Å²) in [6.07, 6.45) is 0. The number of anilines is 1. The first kappa shape index (κ1) is 13.5. The molecule has 0 saturated heterocycles. The summed E-state index contributed by atoms with van der Waals surface area (Å²) in [4.78, 5) is 12.8. The third-order valence-electron chi connectivity index (χ3n) is 2.80. The number of hydrogen-bond donors (Lipinski definition) is 1. The maximum Gasteiger partial charge on any atom is 0.328 e. The third kappa shape index (κ3) is 2.59. The Morgan fingerprint density at radius 2 is 2.12 bits per heavy atom. The van der Waals surface area contributed by atoms with Gasteiger partial charge in [-0.2, -0.15) is 5.26 Å². The molecule has 1 N–H and O–H groups in total. The van der Waals surface area contributed by atoms with Crippen molar-refractivity contribution in [3.63, 3.8) is 0 Å². The quantitative estimate of drug-likeness (QED) is 0.931. The van der Waals surface area contributed by atoms with Gasteiger partial charge in [0.2, 0.25) is 0 Å². The molecule has 0 aliphatic carbocycles. The van der Waals surface area contributed by atoms with Crippen molar-refractivity contribution in [2.24, 2.45) is 0 Å². The maximum atomic E-state index is 11.2. The van der Waals surface area contributed by atoms with Crippen molar-refractivity contribution in [3.8, 4) is 6.07 Å². The molecule has 0 bridgehead atoms. The van der Waals surface area contributed by atoms with Gasteiger partial charge >= 0.3 is 5.97 Å². The molecule has 0 unspecified atom stereocenters. The minimum Gasteiger partial charge on any atom is -0.480 e. The molecule has 0 aromatic heterocycles. The van der Waals surface area contributed by atoms with E-state index in [-0.39, 0.29) is 0 Å². The molecule has 0 atom stereocenters. The van der Waals surface area contributed by atoms with Crippen LogP contribution in [0, 0.1) is 11.3 Å². The zero-order chi connectivity index (χ0) is 13.2. The number of halogens is 1. The van der Waals surface area contributed by atoms with Crippen LogP contribution in [-0.4, -0.2) is 23.7 Å². The highest BCUT2D eigenvalue weighted by Gasteiger charge is 2.33. The number of carboxylic acid groups (broad SMARTS) is 1. The molecule has 1 aromatic rings. The van der Waals surface area contributed by atoms with E-state index in [2.05, 4.69) is 22.0 Å². The van der Waals surface area contributed by atoms with Gasteiger partial charge < -0.3 is 10.0 Å². The van der Waals surface area contributed by atoms with E-state index >= 15 is 0 Å². The summed E-state index contributed by atoms with van der Waals surface area (Å²) in [5.41, 5.74) is -0.0360. The average molecular weight is 297 g/mol. The van der Waals surface area contributed by atoms with Crippen LogP contribution in [0.1, 0.15) is 19.4 Å². The summed E-state index contributed by atoms with van der Waals surface area (Å²) >= 11 is 3.31. The molecule has 5 heteroatoms. The highest BCUT2D eigenvalue weighted by atomic mass is 79.9. The Balaban J connectivity index is 3.30. The van der Waals surface area contributed by atoms with Crippen molar-refractivity contribution in [1.29, 1.82) is 5.26 Å². The van der Waals surface area contributed by atoms with Crippen molar-refractivity contribution in [3.05, 3.63) is 28.2 Å². The number of aliphatic carboxylic acids is 1. The molecule has 1 aromatic carbocycles. The van der Waals surface area contributed by atoms with Crippen LogP contribution in [0.15, 0.2) is 22.7 Å². The highest BCUT2D eigenvalue weighted by molar-refractivity contribution is 9.10. The van der Waals surface area contributed by atoms with Crippen molar-refractivity contribution in [2.75, 3.05) is 11.9 Å². The Morgan fingerprint density at radius 3 is 2.59 bits per heavy atom. The predicted molar refractivity (Wildman–Crippen MR) is 69.0 cm³/mol. The lowest BCUT2D eigenvalue weighted by Crippen LogP contribution is -2.48. The standard InChI is InChI=1S/C12H13BrN2O2/c1-12(2,11(16)17)15(3)10-6-9(13)5-4-8(10)7-14/h4-6H,1-3H3,(H,16,17). The van der Waals surface area contributed by atoms with Crippen LogP contribution in [-0.2, 0) is 4.79 Å². The number of rotatable bonds is 3. The van der Waals surface area contributed by atoms with Gasteiger partial charge in [0.25, 0.3) is 0 Å². The van der Waals surface area contributed by atoms with Gasteiger partial charge in [-0.15, -0.1) is 0 Å². The van der Waals surface area contributed by atoms with Crippen LogP contribution >= 0.6 is 15.9 Å². The van der Waals surface area contributed by atoms with Crippen LogP contribution in [0.4, 0.5) is 5.69 Å². The third-order valence-corrected chi connectivity index (χ3v) is 3.30. The molecule has 1 rings (SSSR count). The van der Waals surface area contributed by atoms with Gasteiger partial charge in [-0.05, 0) is 32.0 Å². The van der Waals surface area contributed by atoms with Gasteiger partial charge in [-0.25, -0.2) is 4.79 Å². The minimum atomic E-state index is -1.08. The lowest BCUT2D eigenvalue weighted by molar-refractivity contribution is -0.142. The second-order valence-electron chi connectivity index (χ2n) is 4.20. The van der Waals surface area contributed by atoms with E-state index in [9.17, 15) is 4.79 Å². The van der Waals surface area contributed by atoms with E-state index < -0.39 is 11.5 Å². The van der Waals surface area contributed by atoms with E-state index in [1.54, 1.807) is 44.0 Å². The highest BCUT2D eigenvalue weighted by Crippen LogP contribution is 2.28. The molecule has 0 aliphatic heterocycles. The first-order valence-corrected chi connectivity index (χ1v) is 5.77. The maximum absolute atomic E-state index is 11.2. The molecule has 0 spiro atoms. The van der Waals surface area contributed by atoms with Crippen molar-refractivity contribution in [2.45, 2.75) is 19.4 Å². The van der Waals surface area contributed by atoms with E-state index in [4.69, 9.17) is 10.4 Å². The molecule has 0 amide bonds. The van der Waals surface area contributed by atoms with Gasteiger partial charge in [-0.1, -0.05) is 15.9 Å². The van der Waals surface area contributed by atoms with Gasteiger partial charge in [0, 0.05) is 11.5 Å². The number of benzene rings is 1. The van der Waals surface area contributed by atoms with Gasteiger partial charge in [-0.3, -0.25) is 0 Å². The van der Waals surface area contributed by atoms with E-state index in [1.165, 1.54) is 0 Å². The average Bonchev–Trinajstić information content (AvgIpc) is 2.27. The minimum absolute atomic E-state index is 0.449. The smallest absolute Gasteiger partial charge is 0.328 e. The molecular weight excluding hydrogens is 284 g/mol. The number of carboxylic acids is 1. The van der Waals surface area contributed by atoms with Crippen LogP contribution < -0.4 is 4.90 Å².